The van der Waals surface area contributed by atoms with E-state index >= 15 is 0 Å². The van der Waals surface area contributed by atoms with Crippen LogP contribution in [0.4, 0.5) is 14.9 Å². The van der Waals surface area contributed by atoms with Crippen molar-refractivity contribution in [1.82, 2.24) is 0 Å². The van der Waals surface area contributed by atoms with Crippen LogP contribution in [-0.2, 0) is 11.4 Å². The Morgan fingerprint density at radius 1 is 1.00 bits per heavy atom. The maximum Gasteiger partial charge on any atom is 0.298 e. The number of halogens is 2. The van der Waals surface area contributed by atoms with Crippen LogP contribution in [-0.4, -0.2) is 25.4 Å². The standard InChI is InChI=1S/C25H19ClFNO5S/c1-31-20-9-4-3-8-19(20)28-24(29)22(34-25(28)30)13-16-11-18(26)23(21(12-16)32-2)33-14-15-6-5-7-17(27)10-15/h3-13H,14H2,1-2H3/b22-13-. The third-order valence-corrected chi connectivity index (χ3v) is 6.09. The highest BCUT2D eigenvalue weighted by atomic mass is 35.5. The summed E-state index contributed by atoms with van der Waals surface area (Å²) in [4.78, 5) is 26.9. The number of nitrogens with zero attached hydrogens (tertiary/aromatic N) is 1. The normalized spacial score (nSPS) is 14.6. The van der Waals surface area contributed by atoms with Gasteiger partial charge in [-0.1, -0.05) is 35.9 Å². The zero-order chi connectivity index (χ0) is 24.2. The molecule has 0 radical (unpaired) electrons. The lowest BCUT2D eigenvalue weighted by Gasteiger charge is -2.15. The molecule has 0 spiro atoms. The Bertz CT molecular complexity index is 1300. The highest BCUT2D eigenvalue weighted by Gasteiger charge is 2.37. The molecule has 34 heavy (non-hydrogen) atoms. The molecule has 0 atom stereocenters. The van der Waals surface area contributed by atoms with Gasteiger partial charge in [0.25, 0.3) is 11.1 Å². The molecule has 0 saturated carbocycles. The number of carbonyl (C=O) groups excluding carboxylic acids is 2. The van der Waals surface area contributed by atoms with Crippen molar-refractivity contribution in [1.29, 1.82) is 0 Å². The van der Waals surface area contributed by atoms with Crippen LogP contribution in [0, 0.1) is 5.82 Å². The Labute approximate surface area is 204 Å². The van der Waals surface area contributed by atoms with Gasteiger partial charge in [-0.05, 0) is 65.4 Å². The Morgan fingerprint density at radius 2 is 1.76 bits per heavy atom. The third-order valence-electron chi connectivity index (χ3n) is 4.94. The van der Waals surface area contributed by atoms with Crippen LogP contribution in [0.3, 0.4) is 0 Å². The average molecular weight is 500 g/mol. The lowest BCUT2D eigenvalue weighted by Crippen LogP contribution is -2.28. The SMILES string of the molecule is COc1ccccc1N1C(=O)S/C(=C\c2cc(Cl)c(OCc3cccc(F)c3)c(OC)c2)C1=O. The van der Waals surface area contributed by atoms with Crippen molar-refractivity contribution < 1.29 is 28.2 Å². The van der Waals surface area contributed by atoms with Gasteiger partial charge in [0.15, 0.2) is 11.5 Å². The molecule has 1 aliphatic rings. The number of thioether (sulfide) groups is 1. The highest BCUT2D eigenvalue weighted by Crippen LogP contribution is 2.41. The molecule has 0 bridgehead atoms. The Balaban J connectivity index is 1.60. The third kappa shape index (κ3) is 4.88. The number of hydrogen-bond acceptors (Lipinski definition) is 6. The summed E-state index contributed by atoms with van der Waals surface area (Å²) in [5.74, 6) is 0.194. The Hall–Kier alpha value is -3.49. The van der Waals surface area contributed by atoms with E-state index in [1.807, 2.05) is 0 Å². The second-order valence-corrected chi connectivity index (χ2v) is 8.54. The molecule has 9 heteroatoms. The van der Waals surface area contributed by atoms with Gasteiger partial charge in [-0.2, -0.15) is 0 Å². The maximum absolute atomic E-state index is 13.4. The minimum Gasteiger partial charge on any atom is -0.495 e. The molecule has 4 rings (SSSR count). The summed E-state index contributed by atoms with van der Waals surface area (Å²) in [5.41, 5.74) is 1.55. The van der Waals surface area contributed by atoms with Crippen molar-refractivity contribution in [2.24, 2.45) is 0 Å². The zero-order valence-electron chi connectivity index (χ0n) is 18.2. The van der Waals surface area contributed by atoms with Crippen LogP contribution < -0.4 is 19.1 Å². The van der Waals surface area contributed by atoms with Gasteiger partial charge >= 0.3 is 0 Å². The topological polar surface area (TPSA) is 65.1 Å². The molecule has 0 unspecified atom stereocenters. The fourth-order valence-corrected chi connectivity index (χ4v) is 4.49. The minimum atomic E-state index is -0.471. The molecule has 1 saturated heterocycles. The summed E-state index contributed by atoms with van der Waals surface area (Å²) in [6.45, 7) is 0.0883. The quantitative estimate of drug-likeness (QED) is 0.355. The fraction of sp³-hybridized carbons (Fsp3) is 0.120. The highest BCUT2D eigenvalue weighted by molar-refractivity contribution is 8.19. The van der Waals surface area contributed by atoms with E-state index in [1.165, 1.54) is 26.4 Å². The second kappa shape index (κ2) is 10.2. The van der Waals surface area contributed by atoms with E-state index in [1.54, 1.807) is 54.6 Å². The lowest BCUT2D eigenvalue weighted by atomic mass is 10.1. The molecule has 1 fully saturated rings. The molecule has 3 aromatic carbocycles. The van der Waals surface area contributed by atoms with E-state index in [0.29, 0.717) is 28.3 Å². The van der Waals surface area contributed by atoms with Gasteiger partial charge < -0.3 is 14.2 Å². The molecule has 1 aliphatic heterocycles. The lowest BCUT2D eigenvalue weighted by molar-refractivity contribution is -0.113. The summed E-state index contributed by atoms with van der Waals surface area (Å²) >= 11 is 7.25. The van der Waals surface area contributed by atoms with Crippen LogP contribution in [0.2, 0.25) is 5.02 Å². The minimum absolute atomic E-state index is 0.0883. The molecule has 3 aromatic rings. The summed E-state index contributed by atoms with van der Waals surface area (Å²) in [6.07, 6.45) is 1.56. The van der Waals surface area contributed by atoms with Crippen LogP contribution in [0.5, 0.6) is 17.2 Å². The average Bonchev–Trinajstić information content (AvgIpc) is 3.10. The summed E-state index contributed by atoms with van der Waals surface area (Å²) < 4.78 is 29.9. The van der Waals surface area contributed by atoms with Gasteiger partial charge in [0.1, 0.15) is 18.2 Å². The Morgan fingerprint density at radius 3 is 2.50 bits per heavy atom. The molecule has 0 aromatic heterocycles. The van der Waals surface area contributed by atoms with Gasteiger partial charge in [0.05, 0.1) is 29.8 Å². The van der Waals surface area contributed by atoms with E-state index in [2.05, 4.69) is 0 Å². The predicted molar refractivity (Wildman–Crippen MR) is 130 cm³/mol. The van der Waals surface area contributed by atoms with Crippen LogP contribution >= 0.6 is 23.4 Å². The van der Waals surface area contributed by atoms with Gasteiger partial charge in [-0.25, -0.2) is 9.29 Å². The van der Waals surface area contributed by atoms with Gasteiger partial charge in [0, 0.05) is 0 Å². The number of para-hydroxylation sites is 2. The van der Waals surface area contributed by atoms with E-state index in [9.17, 15) is 14.0 Å². The van der Waals surface area contributed by atoms with E-state index in [-0.39, 0.29) is 28.1 Å². The molecule has 174 valence electrons. The van der Waals surface area contributed by atoms with Crippen molar-refractivity contribution in [2.75, 3.05) is 19.1 Å². The number of imide groups is 1. The number of benzene rings is 3. The van der Waals surface area contributed by atoms with Crippen LogP contribution in [0.15, 0.2) is 65.6 Å². The van der Waals surface area contributed by atoms with Crippen LogP contribution in [0.1, 0.15) is 11.1 Å². The molecule has 0 N–H and O–H groups in total. The predicted octanol–water partition coefficient (Wildman–Crippen LogP) is 6.32. The maximum atomic E-state index is 13.4. The van der Waals surface area contributed by atoms with Crippen molar-refractivity contribution in [3.63, 3.8) is 0 Å². The molecule has 1 heterocycles. The summed E-state index contributed by atoms with van der Waals surface area (Å²) in [7, 11) is 2.93. The Kier molecular flexibility index (Phi) is 7.09. The van der Waals surface area contributed by atoms with Crippen molar-refractivity contribution in [3.05, 3.63) is 87.5 Å². The second-order valence-electron chi connectivity index (χ2n) is 7.14. The summed E-state index contributed by atoms with van der Waals surface area (Å²) in [5, 5.41) is -0.195. The first-order valence-electron chi connectivity index (χ1n) is 10.1. The fourth-order valence-electron chi connectivity index (χ4n) is 3.39. The number of carbonyl (C=O) groups is 2. The first kappa shape index (κ1) is 23.7. The van der Waals surface area contributed by atoms with E-state index in [0.717, 1.165) is 16.7 Å². The van der Waals surface area contributed by atoms with Gasteiger partial charge in [0.2, 0.25) is 0 Å². The van der Waals surface area contributed by atoms with Crippen LogP contribution in [0.25, 0.3) is 6.08 Å². The van der Waals surface area contributed by atoms with Crippen molar-refractivity contribution in [2.45, 2.75) is 6.61 Å². The number of amides is 2. The number of hydrogen-bond donors (Lipinski definition) is 0. The largest absolute Gasteiger partial charge is 0.495 e. The van der Waals surface area contributed by atoms with Crippen molar-refractivity contribution in [3.8, 4) is 17.2 Å². The van der Waals surface area contributed by atoms with E-state index < -0.39 is 11.1 Å². The first-order valence-corrected chi connectivity index (χ1v) is 11.3. The first-order chi connectivity index (χ1) is 16.4. The summed E-state index contributed by atoms with van der Waals surface area (Å²) in [6, 6.07) is 16.1. The number of anilines is 1. The van der Waals surface area contributed by atoms with Gasteiger partial charge in [-0.15, -0.1) is 0 Å². The molecule has 0 aliphatic carbocycles. The monoisotopic (exact) mass is 499 g/mol. The zero-order valence-corrected chi connectivity index (χ0v) is 19.8. The number of ether oxygens (including phenoxy) is 3. The number of rotatable bonds is 7. The molecule has 2 amide bonds. The van der Waals surface area contributed by atoms with Crippen molar-refractivity contribution >= 4 is 46.3 Å². The number of methoxy groups -OCH3 is 2. The molecule has 6 nitrogen and oxygen atoms in total. The van der Waals surface area contributed by atoms with E-state index in [4.69, 9.17) is 25.8 Å². The smallest absolute Gasteiger partial charge is 0.298 e. The molecular formula is C25H19ClFNO5S. The van der Waals surface area contributed by atoms with Gasteiger partial charge in [-0.3, -0.25) is 9.59 Å². The molecular weight excluding hydrogens is 481 g/mol.